The van der Waals surface area contributed by atoms with Crippen molar-refractivity contribution in [1.82, 2.24) is 24.8 Å². The first kappa shape index (κ1) is 66.2. The topological polar surface area (TPSA) is 175 Å². The predicted octanol–water partition coefficient (Wildman–Crippen LogP) is 14.3. The molecule has 3 heterocycles. The molecular weight excluding hydrogens is 1250 g/mol. The number of amides is 3. The van der Waals surface area contributed by atoms with E-state index in [1.165, 1.54) is 6.33 Å². The Hall–Kier alpha value is -10.4. The van der Waals surface area contributed by atoms with Crippen LogP contribution in [-0.2, 0) is 29.0 Å². The fourth-order valence-corrected chi connectivity index (χ4v) is 18.6. The number of carbonyl (C=O) groups is 3. The Kier molecular flexibility index (Phi) is 20.0. The smallest absolute Gasteiger partial charge is 0.407 e. The summed E-state index contributed by atoms with van der Waals surface area (Å²) in [4.78, 5) is 58.8. The van der Waals surface area contributed by atoms with Crippen molar-refractivity contribution in [2.75, 3.05) is 45.5 Å². The number of carbonyl (C=O) groups excluding carboxylic acids is 3. The van der Waals surface area contributed by atoms with Gasteiger partial charge in [0.05, 0.1) is 27.2 Å². The third kappa shape index (κ3) is 13.2. The molecule has 2 aliphatic rings. The Bertz CT molecular complexity index is 4320. The number of hydrogen-bond donors (Lipinski definition) is 1. The lowest BCUT2D eigenvalue weighted by Gasteiger charge is -2.46. The fourth-order valence-electron chi connectivity index (χ4n) is 13.9. The van der Waals surface area contributed by atoms with E-state index in [0.29, 0.717) is 37.3 Å². The molecule has 16 nitrogen and oxygen atoms in total. The molecule has 11 aromatic rings. The maximum absolute atomic E-state index is 14.9. The number of unbranched alkanes of at least 4 members (excludes halogenated alkanes) is 2. The van der Waals surface area contributed by atoms with Crippen LogP contribution in [0.4, 0.5) is 10.6 Å². The van der Waals surface area contributed by atoms with E-state index >= 15 is 0 Å². The highest BCUT2D eigenvalue weighted by atomic mass is 28.4. The van der Waals surface area contributed by atoms with Gasteiger partial charge in [0, 0.05) is 30.2 Å². The minimum absolute atomic E-state index is 0.0229. The van der Waals surface area contributed by atoms with Crippen molar-refractivity contribution in [2.45, 2.75) is 81.1 Å². The molecule has 1 fully saturated rings. The summed E-state index contributed by atoms with van der Waals surface area (Å²) in [5.74, 6) is 0.0593. The molecule has 0 radical (unpaired) electrons. The van der Waals surface area contributed by atoms with Crippen molar-refractivity contribution in [3.05, 3.63) is 300 Å². The second-order valence-corrected chi connectivity index (χ2v) is 29.7. The summed E-state index contributed by atoms with van der Waals surface area (Å²) >= 11 is 0. The van der Waals surface area contributed by atoms with E-state index in [9.17, 15) is 14.4 Å². The van der Waals surface area contributed by atoms with Gasteiger partial charge in [-0.1, -0.05) is 221 Å². The standard InChI is InChI=1S/C81H78N6O10Si/c1-80(2,3)98(63-34-18-9-19-35-63,64-36-20-10-21-37-64)97-72-70(53-95-81(58-32-16-8-17-33-58,59-42-46-61(91-4)47-43-59)60-44-48-62(92-5)49-45-60)96-78(73(72)93-51-27-11-26-50-82-79(90)94-52-69-67-40-24-22-38-65(67)66-39-23-25-41-68(66)69)86-55-85-71-74(86)83-54-84-75(71)87(76(88)56-28-12-6-13-29-56)77(89)57-30-14-7-15-31-57/h6-10,12-25,28-49,54-55,69-70,72-73,78H,11,26-27,50-53H2,1-5H3,(H,82,90)/t70-,72-,73-,78-/m1/s1. The van der Waals surface area contributed by atoms with Gasteiger partial charge in [0.2, 0.25) is 0 Å². The van der Waals surface area contributed by atoms with Gasteiger partial charge in [0.25, 0.3) is 20.1 Å². The Morgan fingerprint density at radius 2 is 1.05 bits per heavy atom. The van der Waals surface area contributed by atoms with Crippen molar-refractivity contribution in [3.63, 3.8) is 0 Å². The molecule has 496 valence electrons. The number of aromatic nitrogens is 4. The van der Waals surface area contributed by atoms with E-state index < -0.39 is 61.4 Å². The van der Waals surface area contributed by atoms with Crippen LogP contribution in [0.5, 0.6) is 11.5 Å². The van der Waals surface area contributed by atoms with Crippen LogP contribution >= 0.6 is 0 Å². The molecule has 3 amide bonds. The van der Waals surface area contributed by atoms with Crippen molar-refractivity contribution in [3.8, 4) is 22.6 Å². The number of rotatable bonds is 25. The lowest BCUT2D eigenvalue weighted by atomic mass is 9.80. The van der Waals surface area contributed by atoms with Crippen molar-refractivity contribution >= 4 is 53.6 Å². The van der Waals surface area contributed by atoms with E-state index in [1.54, 1.807) is 85.8 Å². The molecule has 4 atom stereocenters. The van der Waals surface area contributed by atoms with E-state index in [2.05, 4.69) is 116 Å². The Balaban J connectivity index is 0.891. The average Bonchev–Trinajstić information content (AvgIpc) is 1.27. The highest BCUT2D eigenvalue weighted by molar-refractivity contribution is 6.99. The summed E-state index contributed by atoms with van der Waals surface area (Å²) in [6.07, 6.45) is 0.621. The van der Waals surface area contributed by atoms with Gasteiger partial charge in [0.1, 0.15) is 48.3 Å². The van der Waals surface area contributed by atoms with Crippen LogP contribution in [0, 0.1) is 0 Å². The van der Waals surface area contributed by atoms with E-state index in [1.807, 2.05) is 103 Å². The van der Waals surface area contributed by atoms with Crippen LogP contribution in [0.3, 0.4) is 0 Å². The van der Waals surface area contributed by atoms with Gasteiger partial charge >= 0.3 is 6.09 Å². The van der Waals surface area contributed by atoms with Gasteiger partial charge in [-0.05, 0) is 122 Å². The number of methoxy groups -OCH3 is 2. The summed E-state index contributed by atoms with van der Waals surface area (Å²) < 4.78 is 50.4. The Morgan fingerprint density at radius 1 is 0.551 bits per heavy atom. The fraction of sp³-hybridized carbons (Fsp3) is 0.235. The number of imidazole rings is 1. The van der Waals surface area contributed by atoms with Gasteiger partial charge in [-0.15, -0.1) is 0 Å². The number of nitrogens with one attached hydrogen (secondary N) is 1. The first-order valence-corrected chi connectivity index (χ1v) is 35.1. The van der Waals surface area contributed by atoms with Crippen LogP contribution < -0.4 is 30.1 Å². The molecule has 0 unspecified atom stereocenters. The molecule has 2 aromatic heterocycles. The molecule has 98 heavy (non-hydrogen) atoms. The summed E-state index contributed by atoms with van der Waals surface area (Å²) in [5.41, 5.74) is 6.79. The van der Waals surface area contributed by atoms with Crippen LogP contribution in [-0.4, -0.2) is 105 Å². The summed E-state index contributed by atoms with van der Waals surface area (Å²) in [5, 5.41) is 4.56. The van der Waals surface area contributed by atoms with Gasteiger partial charge in [-0.3, -0.25) is 14.2 Å². The number of hydrogen-bond acceptors (Lipinski definition) is 13. The molecule has 9 aromatic carbocycles. The molecule has 13 rings (SSSR count). The zero-order valence-electron chi connectivity index (χ0n) is 55.5. The summed E-state index contributed by atoms with van der Waals surface area (Å²) in [7, 11) is -0.233. The van der Waals surface area contributed by atoms with Crippen molar-refractivity contribution in [2.24, 2.45) is 0 Å². The molecule has 0 saturated carbocycles. The number of ether oxygens (including phenoxy) is 6. The van der Waals surface area contributed by atoms with E-state index in [-0.39, 0.29) is 53.8 Å². The highest BCUT2D eigenvalue weighted by Gasteiger charge is 2.58. The third-order valence-corrected chi connectivity index (χ3v) is 23.7. The Morgan fingerprint density at radius 3 is 1.58 bits per heavy atom. The van der Waals surface area contributed by atoms with E-state index in [4.69, 9.17) is 42.8 Å². The molecule has 1 aliphatic carbocycles. The molecular formula is C81H78N6O10Si. The third-order valence-electron chi connectivity index (χ3n) is 18.7. The predicted molar refractivity (Wildman–Crippen MR) is 381 cm³/mol. The molecule has 0 bridgehead atoms. The van der Waals surface area contributed by atoms with Crippen LogP contribution in [0.25, 0.3) is 22.3 Å². The number of anilines is 1. The molecule has 1 saturated heterocycles. The summed E-state index contributed by atoms with van der Waals surface area (Å²) in [6.45, 7) is 7.49. The molecule has 1 N–H and O–H groups in total. The van der Waals surface area contributed by atoms with Crippen molar-refractivity contribution in [1.29, 1.82) is 0 Å². The quantitative estimate of drug-likeness (QED) is 0.0248. The van der Waals surface area contributed by atoms with Crippen LogP contribution in [0.2, 0.25) is 5.04 Å². The van der Waals surface area contributed by atoms with Gasteiger partial charge in [0.15, 0.2) is 23.2 Å². The lowest BCUT2D eigenvalue weighted by Crippen LogP contribution is -2.69. The number of benzene rings is 9. The molecule has 0 spiro atoms. The normalized spacial score (nSPS) is 16.1. The minimum Gasteiger partial charge on any atom is -0.497 e. The van der Waals surface area contributed by atoms with Gasteiger partial charge < -0.3 is 38.2 Å². The van der Waals surface area contributed by atoms with E-state index in [0.717, 1.165) is 54.2 Å². The Labute approximate surface area is 572 Å². The second kappa shape index (κ2) is 29.5. The zero-order chi connectivity index (χ0) is 67.6. The van der Waals surface area contributed by atoms with Crippen LogP contribution in [0.15, 0.2) is 261 Å². The highest BCUT2D eigenvalue weighted by Crippen LogP contribution is 2.48. The minimum atomic E-state index is -3.52. The first-order chi connectivity index (χ1) is 47.9. The maximum Gasteiger partial charge on any atom is 0.407 e. The lowest BCUT2D eigenvalue weighted by molar-refractivity contribution is -0.0954. The number of nitrogens with zero attached hydrogens (tertiary/aromatic N) is 5. The van der Waals surface area contributed by atoms with Gasteiger partial charge in [-0.2, -0.15) is 0 Å². The monoisotopic (exact) mass is 1320 g/mol. The number of imide groups is 1. The number of alkyl carbamates (subject to hydrolysis) is 1. The molecule has 17 heteroatoms. The summed E-state index contributed by atoms with van der Waals surface area (Å²) in [6, 6.07) is 80.6. The maximum atomic E-state index is 14.9. The van der Waals surface area contributed by atoms with Gasteiger partial charge in [-0.25, -0.2) is 24.6 Å². The molecule has 1 aliphatic heterocycles. The second-order valence-electron chi connectivity index (χ2n) is 25.5. The first-order valence-electron chi connectivity index (χ1n) is 33.2. The largest absolute Gasteiger partial charge is 0.497 e. The number of fused-ring (bicyclic) bond motifs is 4. The zero-order valence-corrected chi connectivity index (χ0v) is 56.5. The average molecular weight is 1320 g/mol. The van der Waals surface area contributed by atoms with Crippen molar-refractivity contribution < 1.29 is 47.2 Å². The van der Waals surface area contributed by atoms with Crippen LogP contribution in [0.1, 0.15) is 101 Å². The SMILES string of the molecule is COc1ccc(C(OC[C@H]2O[C@@H](n3cnc4c(N(C(=O)c5ccccc5)C(=O)c5ccccc5)ncnc43)[C@H](OCCCCCNC(=O)OCC3c4ccccc4-c4ccccc43)[C@@H]2O[Si](c2ccccc2)(c2ccccc2)C(C)(C)C)(c2ccccc2)c2ccc(OC)cc2)cc1.